The maximum absolute atomic E-state index is 11.6. The van der Waals surface area contributed by atoms with Gasteiger partial charge in [-0.2, -0.15) is 0 Å². The average Bonchev–Trinajstić information content (AvgIpc) is 2.51. The first kappa shape index (κ1) is 16.7. The molecule has 23 heavy (non-hydrogen) atoms. The van der Waals surface area contributed by atoms with Gasteiger partial charge in [-0.1, -0.05) is 12.1 Å². The van der Waals surface area contributed by atoms with Crippen LogP contribution in [0.5, 0.6) is 17.2 Å². The quantitative estimate of drug-likeness (QED) is 0.628. The first-order valence-electron chi connectivity index (χ1n) is 7.35. The number of rotatable bonds is 7. The first-order chi connectivity index (χ1) is 11.0. The number of hydrogen-bond donors (Lipinski definition) is 1. The summed E-state index contributed by atoms with van der Waals surface area (Å²) in [6.45, 7) is 2.00. The fourth-order valence-corrected chi connectivity index (χ4v) is 2.16. The Morgan fingerprint density at radius 2 is 1.78 bits per heavy atom. The molecule has 0 radical (unpaired) electrons. The first-order valence-corrected chi connectivity index (χ1v) is 7.35. The van der Waals surface area contributed by atoms with Crippen LogP contribution in [-0.2, 0) is 0 Å². The van der Waals surface area contributed by atoms with Crippen molar-refractivity contribution in [1.29, 1.82) is 0 Å². The fourth-order valence-electron chi connectivity index (χ4n) is 2.16. The van der Waals surface area contributed by atoms with Gasteiger partial charge in [-0.25, -0.2) is 0 Å². The molecule has 0 amide bonds. The smallest absolute Gasteiger partial charge is 0.167 e. The zero-order valence-electron chi connectivity index (χ0n) is 13.6. The molecule has 0 aliphatic heterocycles. The number of phenolic OH excluding ortho intramolecular Hbond substituents is 1. The van der Waals surface area contributed by atoms with Crippen LogP contribution in [0.4, 0.5) is 5.69 Å². The summed E-state index contributed by atoms with van der Waals surface area (Å²) in [5.74, 6) is 0.804. The van der Waals surface area contributed by atoms with Crippen LogP contribution in [0.15, 0.2) is 42.5 Å². The van der Waals surface area contributed by atoms with E-state index in [1.807, 2.05) is 43.3 Å². The molecule has 0 aliphatic rings. The maximum Gasteiger partial charge on any atom is 0.167 e. The van der Waals surface area contributed by atoms with Gasteiger partial charge in [0.1, 0.15) is 36.0 Å². The lowest BCUT2D eigenvalue weighted by Gasteiger charge is -2.15. The van der Waals surface area contributed by atoms with Crippen LogP contribution < -0.4 is 14.4 Å². The molecule has 2 rings (SSSR count). The third kappa shape index (κ3) is 4.39. The molecular formula is C18H21NO4. The Balaban J connectivity index is 1.93. The largest absolute Gasteiger partial charge is 0.507 e. The van der Waals surface area contributed by atoms with Gasteiger partial charge >= 0.3 is 0 Å². The molecule has 122 valence electrons. The van der Waals surface area contributed by atoms with Crippen LogP contribution in [-0.4, -0.2) is 38.2 Å². The number of ether oxygens (including phenoxy) is 2. The Bertz CT molecular complexity index is 682. The van der Waals surface area contributed by atoms with Crippen molar-refractivity contribution in [1.82, 2.24) is 0 Å². The molecule has 0 fully saturated rings. The summed E-state index contributed by atoms with van der Waals surface area (Å²) in [6, 6.07) is 12.5. The van der Waals surface area contributed by atoms with E-state index in [0.29, 0.717) is 12.4 Å². The van der Waals surface area contributed by atoms with Gasteiger partial charge in [-0.15, -0.1) is 0 Å². The van der Waals surface area contributed by atoms with Crippen molar-refractivity contribution in [2.75, 3.05) is 32.2 Å². The van der Waals surface area contributed by atoms with Crippen LogP contribution in [0.2, 0.25) is 0 Å². The van der Waals surface area contributed by atoms with Gasteiger partial charge in [0.05, 0.1) is 0 Å². The number of hydrogen-bond acceptors (Lipinski definition) is 5. The average molecular weight is 315 g/mol. The predicted molar refractivity (Wildman–Crippen MR) is 89.9 cm³/mol. The third-order valence-electron chi connectivity index (χ3n) is 3.30. The molecule has 0 saturated carbocycles. The number of benzene rings is 2. The minimum Gasteiger partial charge on any atom is -0.507 e. The minimum atomic E-state index is -0.238. The summed E-state index contributed by atoms with van der Waals surface area (Å²) < 4.78 is 11.2. The SMILES string of the molecule is CC(=O)c1c(O)cccc1OCCOc1cccc(N(C)C)c1. The van der Waals surface area contributed by atoms with Gasteiger partial charge in [0, 0.05) is 25.8 Å². The molecule has 0 spiro atoms. The Morgan fingerprint density at radius 3 is 2.48 bits per heavy atom. The number of phenols is 1. The molecule has 0 saturated heterocycles. The van der Waals surface area contributed by atoms with E-state index < -0.39 is 0 Å². The van der Waals surface area contributed by atoms with Crippen LogP contribution in [0.25, 0.3) is 0 Å². The molecule has 5 nitrogen and oxygen atoms in total. The van der Waals surface area contributed by atoms with E-state index in [0.717, 1.165) is 11.4 Å². The van der Waals surface area contributed by atoms with E-state index in [1.54, 1.807) is 12.1 Å². The minimum absolute atomic E-state index is 0.0744. The molecule has 0 atom stereocenters. The summed E-state index contributed by atoms with van der Waals surface area (Å²) in [7, 11) is 3.93. The Hall–Kier alpha value is -2.69. The number of Topliss-reactive ketones (excluding diaryl/α,β-unsaturated/α-hetero) is 1. The highest BCUT2D eigenvalue weighted by atomic mass is 16.5. The highest BCUT2D eigenvalue weighted by Crippen LogP contribution is 2.27. The van der Waals surface area contributed by atoms with Crippen molar-refractivity contribution < 1.29 is 19.4 Å². The molecule has 0 aliphatic carbocycles. The van der Waals surface area contributed by atoms with Crippen molar-refractivity contribution in [3.63, 3.8) is 0 Å². The summed E-state index contributed by atoms with van der Waals surface area (Å²) in [5.41, 5.74) is 1.25. The fraction of sp³-hybridized carbons (Fsp3) is 0.278. The van der Waals surface area contributed by atoms with Gasteiger partial charge in [0.15, 0.2) is 5.78 Å². The van der Waals surface area contributed by atoms with E-state index in [2.05, 4.69) is 0 Å². The van der Waals surface area contributed by atoms with Crippen molar-refractivity contribution in [2.45, 2.75) is 6.92 Å². The monoisotopic (exact) mass is 315 g/mol. The van der Waals surface area contributed by atoms with E-state index in [1.165, 1.54) is 13.0 Å². The summed E-state index contributed by atoms with van der Waals surface area (Å²) in [6.07, 6.45) is 0. The van der Waals surface area contributed by atoms with Crippen LogP contribution >= 0.6 is 0 Å². The molecule has 0 heterocycles. The zero-order valence-corrected chi connectivity index (χ0v) is 13.6. The molecular weight excluding hydrogens is 294 g/mol. The number of ketones is 1. The van der Waals surface area contributed by atoms with Gasteiger partial charge in [-0.3, -0.25) is 4.79 Å². The number of aromatic hydroxyl groups is 1. The maximum atomic E-state index is 11.6. The van der Waals surface area contributed by atoms with E-state index in [9.17, 15) is 9.90 Å². The summed E-state index contributed by atoms with van der Waals surface area (Å²) in [4.78, 5) is 13.6. The molecule has 2 aromatic rings. The molecule has 5 heteroatoms. The molecule has 0 aromatic heterocycles. The standard InChI is InChI=1S/C18H21NO4/c1-13(20)18-16(21)8-5-9-17(18)23-11-10-22-15-7-4-6-14(12-15)19(2)3/h4-9,12,21H,10-11H2,1-3H3. The Kier molecular flexibility index (Phi) is 5.46. The van der Waals surface area contributed by atoms with E-state index >= 15 is 0 Å². The summed E-state index contributed by atoms with van der Waals surface area (Å²) in [5, 5.41) is 9.74. The van der Waals surface area contributed by atoms with Crippen LogP contribution in [0.1, 0.15) is 17.3 Å². The molecule has 0 bridgehead atoms. The Labute approximate surface area is 136 Å². The zero-order chi connectivity index (χ0) is 16.8. The number of anilines is 1. The number of nitrogens with zero attached hydrogens (tertiary/aromatic N) is 1. The highest BCUT2D eigenvalue weighted by molar-refractivity contribution is 5.99. The van der Waals surface area contributed by atoms with Gasteiger partial charge in [-0.05, 0) is 31.2 Å². The number of carbonyl (C=O) groups excluding carboxylic acids is 1. The predicted octanol–water partition coefficient (Wildman–Crippen LogP) is 3.12. The molecule has 2 aromatic carbocycles. The highest BCUT2D eigenvalue weighted by Gasteiger charge is 2.13. The van der Waals surface area contributed by atoms with Crippen molar-refractivity contribution in [3.05, 3.63) is 48.0 Å². The topological polar surface area (TPSA) is 59.0 Å². The normalized spacial score (nSPS) is 10.2. The lowest BCUT2D eigenvalue weighted by molar-refractivity contribution is 0.100. The van der Waals surface area contributed by atoms with Gasteiger partial charge in [0.2, 0.25) is 0 Å². The van der Waals surface area contributed by atoms with Crippen molar-refractivity contribution in [2.24, 2.45) is 0 Å². The van der Waals surface area contributed by atoms with E-state index in [-0.39, 0.29) is 23.7 Å². The van der Waals surface area contributed by atoms with Crippen molar-refractivity contribution in [3.8, 4) is 17.2 Å². The summed E-state index contributed by atoms with van der Waals surface area (Å²) >= 11 is 0. The van der Waals surface area contributed by atoms with E-state index in [4.69, 9.17) is 9.47 Å². The number of carbonyl (C=O) groups is 1. The van der Waals surface area contributed by atoms with Gasteiger partial charge < -0.3 is 19.5 Å². The lowest BCUT2D eigenvalue weighted by atomic mass is 10.1. The third-order valence-corrected chi connectivity index (χ3v) is 3.30. The second-order valence-electron chi connectivity index (χ2n) is 5.30. The molecule has 1 N–H and O–H groups in total. The molecule has 0 unspecified atom stereocenters. The van der Waals surface area contributed by atoms with Crippen LogP contribution in [0.3, 0.4) is 0 Å². The van der Waals surface area contributed by atoms with Gasteiger partial charge in [0.25, 0.3) is 0 Å². The second kappa shape index (κ2) is 7.54. The van der Waals surface area contributed by atoms with Crippen LogP contribution in [0, 0.1) is 0 Å². The lowest BCUT2D eigenvalue weighted by Crippen LogP contribution is -2.12. The van der Waals surface area contributed by atoms with Crippen molar-refractivity contribution >= 4 is 11.5 Å². The second-order valence-corrected chi connectivity index (χ2v) is 5.30. The Morgan fingerprint density at radius 1 is 1.09 bits per heavy atom.